The van der Waals surface area contributed by atoms with Crippen LogP contribution in [0.25, 0.3) is 0 Å². The topological polar surface area (TPSA) is 32.3 Å². The van der Waals surface area contributed by atoms with Crippen LogP contribution in [0.3, 0.4) is 0 Å². The molecule has 106 valence electrons. The molecule has 0 bridgehead atoms. The van der Waals surface area contributed by atoms with Crippen molar-refractivity contribution < 1.29 is 5.11 Å². The molecule has 1 atom stereocenters. The molecule has 0 fully saturated rings. The van der Waals surface area contributed by atoms with Gasteiger partial charge in [0.15, 0.2) is 0 Å². The Morgan fingerprint density at radius 1 is 1.20 bits per heavy atom. The lowest BCUT2D eigenvalue weighted by Gasteiger charge is -2.20. The first-order chi connectivity index (χ1) is 9.51. The molecule has 2 N–H and O–H groups in total. The highest BCUT2D eigenvalue weighted by atomic mass is 79.9. The lowest BCUT2D eigenvalue weighted by Crippen LogP contribution is -2.16. The van der Waals surface area contributed by atoms with E-state index in [4.69, 9.17) is 23.2 Å². The van der Waals surface area contributed by atoms with E-state index in [1.807, 2.05) is 37.3 Å². The van der Waals surface area contributed by atoms with Crippen LogP contribution in [0.2, 0.25) is 10.0 Å². The summed E-state index contributed by atoms with van der Waals surface area (Å²) in [5.41, 5.74) is 2.94. The summed E-state index contributed by atoms with van der Waals surface area (Å²) in [5.74, 6) is 0. The van der Waals surface area contributed by atoms with Crippen molar-refractivity contribution in [2.45, 2.75) is 13.0 Å². The predicted molar refractivity (Wildman–Crippen MR) is 88.8 cm³/mol. The molecule has 1 unspecified atom stereocenters. The van der Waals surface area contributed by atoms with Gasteiger partial charge in [-0.25, -0.2) is 0 Å². The summed E-state index contributed by atoms with van der Waals surface area (Å²) in [5, 5.41) is 14.3. The minimum absolute atomic E-state index is 0.0112. The Morgan fingerprint density at radius 3 is 2.55 bits per heavy atom. The normalized spacial score (nSPS) is 12.2. The maximum Gasteiger partial charge on any atom is 0.0747 e. The summed E-state index contributed by atoms with van der Waals surface area (Å²) in [6, 6.07) is 11.0. The fourth-order valence-electron chi connectivity index (χ4n) is 2.04. The van der Waals surface area contributed by atoms with E-state index in [1.54, 1.807) is 6.07 Å². The first kappa shape index (κ1) is 15.6. The number of rotatable bonds is 4. The number of aliphatic hydroxyl groups excluding tert-OH is 1. The van der Waals surface area contributed by atoms with Crippen LogP contribution >= 0.6 is 39.1 Å². The van der Waals surface area contributed by atoms with Gasteiger partial charge < -0.3 is 10.4 Å². The minimum atomic E-state index is -0.194. The Labute approximate surface area is 136 Å². The monoisotopic (exact) mass is 373 g/mol. The number of hydrogen-bond acceptors (Lipinski definition) is 2. The maximum absolute atomic E-state index is 9.63. The number of benzene rings is 2. The second-order valence-electron chi connectivity index (χ2n) is 4.51. The molecule has 5 heteroatoms. The smallest absolute Gasteiger partial charge is 0.0747 e. The average Bonchev–Trinajstić information content (AvgIpc) is 2.41. The molecular formula is C15H14BrCl2NO. The van der Waals surface area contributed by atoms with Crippen LogP contribution in [0.4, 0.5) is 5.69 Å². The van der Waals surface area contributed by atoms with Gasteiger partial charge in [0.1, 0.15) is 0 Å². The van der Waals surface area contributed by atoms with Crippen molar-refractivity contribution in [1.29, 1.82) is 0 Å². The Kier molecular flexibility index (Phi) is 5.33. The largest absolute Gasteiger partial charge is 0.394 e. The van der Waals surface area contributed by atoms with E-state index in [2.05, 4.69) is 21.2 Å². The van der Waals surface area contributed by atoms with E-state index in [0.717, 1.165) is 21.3 Å². The molecule has 0 aliphatic rings. The van der Waals surface area contributed by atoms with Crippen molar-refractivity contribution in [1.82, 2.24) is 0 Å². The van der Waals surface area contributed by atoms with Gasteiger partial charge >= 0.3 is 0 Å². The molecule has 0 amide bonds. The second kappa shape index (κ2) is 6.81. The van der Waals surface area contributed by atoms with Crippen LogP contribution in [-0.2, 0) is 0 Å². The van der Waals surface area contributed by atoms with Gasteiger partial charge in [-0.2, -0.15) is 0 Å². The lowest BCUT2D eigenvalue weighted by molar-refractivity contribution is 0.276. The van der Waals surface area contributed by atoms with Crippen molar-refractivity contribution >= 4 is 44.8 Å². The van der Waals surface area contributed by atoms with Crippen molar-refractivity contribution in [3.05, 3.63) is 62.0 Å². The fourth-order valence-corrected chi connectivity index (χ4v) is 2.76. The number of nitrogens with one attached hydrogen (secondary N) is 1. The molecule has 0 saturated carbocycles. The number of halogens is 3. The molecule has 2 rings (SSSR count). The molecule has 0 radical (unpaired) electrons. The quantitative estimate of drug-likeness (QED) is 0.769. The molecule has 0 aromatic heterocycles. The minimum Gasteiger partial charge on any atom is -0.394 e. The first-order valence-corrected chi connectivity index (χ1v) is 7.64. The zero-order valence-electron chi connectivity index (χ0n) is 10.8. The Morgan fingerprint density at radius 2 is 1.95 bits per heavy atom. The third-order valence-corrected chi connectivity index (χ3v) is 4.50. The van der Waals surface area contributed by atoms with Gasteiger partial charge in [-0.3, -0.25) is 0 Å². The third-order valence-electron chi connectivity index (χ3n) is 3.05. The van der Waals surface area contributed by atoms with Gasteiger partial charge in [0.2, 0.25) is 0 Å². The van der Waals surface area contributed by atoms with E-state index in [1.165, 1.54) is 0 Å². The molecular weight excluding hydrogens is 361 g/mol. The first-order valence-electron chi connectivity index (χ1n) is 6.09. The summed E-state index contributed by atoms with van der Waals surface area (Å²) < 4.78 is 0.814. The number of aryl methyl sites for hydroxylation is 1. The summed E-state index contributed by atoms with van der Waals surface area (Å²) in [6.45, 7) is 1.96. The molecule has 2 nitrogen and oxygen atoms in total. The van der Waals surface area contributed by atoms with Gasteiger partial charge in [0, 0.05) is 15.2 Å². The molecule has 0 saturated heterocycles. The molecule has 0 spiro atoms. The second-order valence-corrected chi connectivity index (χ2v) is 6.21. The fraction of sp³-hybridized carbons (Fsp3) is 0.200. The van der Waals surface area contributed by atoms with E-state index in [-0.39, 0.29) is 12.6 Å². The van der Waals surface area contributed by atoms with Gasteiger partial charge in [0.05, 0.1) is 17.7 Å². The standard InChI is InChI=1S/C15H14BrCl2NO/c1-9-6-10(17)2-4-12(9)15(8-20)19-11-3-5-14(18)13(16)7-11/h2-7,15,19-20H,8H2,1H3. The van der Waals surface area contributed by atoms with Crippen LogP contribution in [0.15, 0.2) is 40.9 Å². The van der Waals surface area contributed by atoms with Crippen molar-refractivity contribution in [2.24, 2.45) is 0 Å². The van der Waals surface area contributed by atoms with E-state index >= 15 is 0 Å². The lowest BCUT2D eigenvalue weighted by atomic mass is 10.0. The molecule has 0 aliphatic carbocycles. The molecule has 0 aliphatic heterocycles. The summed E-state index contributed by atoms with van der Waals surface area (Å²) >= 11 is 15.3. The van der Waals surface area contributed by atoms with Crippen LogP contribution < -0.4 is 5.32 Å². The zero-order chi connectivity index (χ0) is 14.7. The van der Waals surface area contributed by atoms with Crippen LogP contribution in [0.1, 0.15) is 17.2 Å². The van der Waals surface area contributed by atoms with E-state index in [9.17, 15) is 5.11 Å². The highest BCUT2D eigenvalue weighted by Gasteiger charge is 2.13. The van der Waals surface area contributed by atoms with Gasteiger partial charge in [-0.1, -0.05) is 29.3 Å². The van der Waals surface area contributed by atoms with Gasteiger partial charge in [-0.15, -0.1) is 0 Å². The molecule has 0 heterocycles. The van der Waals surface area contributed by atoms with Gasteiger partial charge in [-0.05, 0) is 64.3 Å². The van der Waals surface area contributed by atoms with E-state index in [0.29, 0.717) is 10.0 Å². The third kappa shape index (κ3) is 3.67. The van der Waals surface area contributed by atoms with Gasteiger partial charge in [0.25, 0.3) is 0 Å². The highest BCUT2D eigenvalue weighted by molar-refractivity contribution is 9.10. The Hall–Kier alpha value is -0.740. The Bertz CT molecular complexity index is 619. The van der Waals surface area contributed by atoms with Crippen LogP contribution in [-0.4, -0.2) is 11.7 Å². The zero-order valence-corrected chi connectivity index (χ0v) is 13.9. The molecule has 20 heavy (non-hydrogen) atoms. The highest BCUT2D eigenvalue weighted by Crippen LogP contribution is 2.29. The maximum atomic E-state index is 9.63. The molecule has 2 aromatic rings. The number of aliphatic hydroxyl groups is 1. The average molecular weight is 375 g/mol. The summed E-state index contributed by atoms with van der Waals surface area (Å²) in [4.78, 5) is 0. The van der Waals surface area contributed by atoms with Crippen molar-refractivity contribution in [2.75, 3.05) is 11.9 Å². The number of hydrogen-bond donors (Lipinski definition) is 2. The summed E-state index contributed by atoms with van der Waals surface area (Å²) in [7, 11) is 0. The van der Waals surface area contributed by atoms with Crippen molar-refractivity contribution in [3.8, 4) is 0 Å². The molecule has 2 aromatic carbocycles. The Balaban J connectivity index is 2.26. The van der Waals surface area contributed by atoms with Crippen LogP contribution in [0, 0.1) is 6.92 Å². The predicted octanol–water partition coefficient (Wildman–Crippen LogP) is 5.21. The SMILES string of the molecule is Cc1cc(Cl)ccc1C(CO)Nc1ccc(Cl)c(Br)c1. The van der Waals surface area contributed by atoms with Crippen LogP contribution in [0.5, 0.6) is 0 Å². The number of anilines is 1. The van der Waals surface area contributed by atoms with E-state index < -0.39 is 0 Å². The van der Waals surface area contributed by atoms with Crippen molar-refractivity contribution in [3.63, 3.8) is 0 Å². The summed E-state index contributed by atoms with van der Waals surface area (Å²) in [6.07, 6.45) is 0.